The molecule has 2 aromatic carbocycles. The van der Waals surface area contributed by atoms with E-state index in [4.69, 9.17) is 0 Å². The number of rotatable bonds is 1. The van der Waals surface area contributed by atoms with E-state index in [0.29, 0.717) is 5.39 Å². The van der Waals surface area contributed by atoms with E-state index in [0.717, 1.165) is 25.0 Å². The number of piperazine rings is 1. The van der Waals surface area contributed by atoms with Gasteiger partial charge in [0.2, 0.25) is 0 Å². The molecule has 0 spiro atoms. The van der Waals surface area contributed by atoms with Crippen LogP contribution in [0.4, 0.5) is 4.39 Å². The summed E-state index contributed by atoms with van der Waals surface area (Å²) in [5.41, 5.74) is 1.18. The summed E-state index contributed by atoms with van der Waals surface area (Å²) in [7, 11) is 0. The van der Waals surface area contributed by atoms with Gasteiger partial charge in [-0.1, -0.05) is 30.3 Å². The fourth-order valence-electron chi connectivity index (χ4n) is 2.47. The van der Waals surface area contributed by atoms with Gasteiger partial charge in [-0.25, -0.2) is 4.39 Å². The highest BCUT2D eigenvalue weighted by Crippen LogP contribution is 2.26. The lowest BCUT2D eigenvalue weighted by atomic mass is 9.97. The van der Waals surface area contributed by atoms with Crippen molar-refractivity contribution in [3.05, 3.63) is 47.8 Å². The van der Waals surface area contributed by atoms with Crippen LogP contribution in [0.2, 0.25) is 0 Å². The molecule has 0 aliphatic carbocycles. The number of nitrogens with one attached hydrogen (secondary N) is 2. The molecule has 1 saturated heterocycles. The second kappa shape index (κ2) is 4.43. The fourth-order valence-corrected chi connectivity index (χ4v) is 2.47. The topological polar surface area (TPSA) is 24.1 Å². The van der Waals surface area contributed by atoms with Crippen molar-refractivity contribution in [2.24, 2.45) is 0 Å². The monoisotopic (exact) mass is 230 g/mol. The average molecular weight is 230 g/mol. The molecule has 0 saturated carbocycles. The summed E-state index contributed by atoms with van der Waals surface area (Å²) in [5.74, 6) is -0.145. The Morgan fingerprint density at radius 2 is 1.82 bits per heavy atom. The average Bonchev–Trinajstić information content (AvgIpc) is 2.40. The minimum atomic E-state index is -0.145. The molecule has 1 aliphatic heterocycles. The van der Waals surface area contributed by atoms with Crippen molar-refractivity contribution in [3.63, 3.8) is 0 Å². The third-order valence-electron chi connectivity index (χ3n) is 3.32. The van der Waals surface area contributed by atoms with Crippen molar-refractivity contribution in [3.8, 4) is 0 Å². The van der Waals surface area contributed by atoms with E-state index in [2.05, 4.69) is 16.7 Å². The number of hydrogen-bond acceptors (Lipinski definition) is 2. The van der Waals surface area contributed by atoms with Crippen molar-refractivity contribution in [1.82, 2.24) is 10.6 Å². The van der Waals surface area contributed by atoms with E-state index in [1.807, 2.05) is 18.2 Å². The van der Waals surface area contributed by atoms with Crippen LogP contribution in [0.5, 0.6) is 0 Å². The zero-order valence-electron chi connectivity index (χ0n) is 9.54. The molecule has 3 rings (SSSR count). The molecule has 1 heterocycles. The molecule has 1 atom stereocenters. The van der Waals surface area contributed by atoms with Crippen molar-refractivity contribution in [2.75, 3.05) is 19.6 Å². The summed E-state index contributed by atoms with van der Waals surface area (Å²) >= 11 is 0. The normalized spacial score (nSPS) is 20.6. The van der Waals surface area contributed by atoms with E-state index >= 15 is 0 Å². The highest BCUT2D eigenvalue weighted by molar-refractivity contribution is 5.86. The van der Waals surface area contributed by atoms with Crippen molar-refractivity contribution in [1.29, 1.82) is 0 Å². The Morgan fingerprint density at radius 3 is 2.65 bits per heavy atom. The van der Waals surface area contributed by atoms with Gasteiger partial charge in [-0.15, -0.1) is 0 Å². The van der Waals surface area contributed by atoms with Gasteiger partial charge in [0.1, 0.15) is 5.82 Å². The Bertz CT molecular complexity index is 533. The lowest BCUT2D eigenvalue weighted by Crippen LogP contribution is -2.42. The van der Waals surface area contributed by atoms with Crippen LogP contribution in [-0.2, 0) is 0 Å². The highest BCUT2D eigenvalue weighted by atomic mass is 19.1. The molecule has 1 fully saturated rings. The quantitative estimate of drug-likeness (QED) is 0.785. The van der Waals surface area contributed by atoms with Gasteiger partial charge in [0.25, 0.3) is 0 Å². The Labute approximate surface area is 99.8 Å². The van der Waals surface area contributed by atoms with Crippen LogP contribution in [0.15, 0.2) is 36.4 Å². The molecule has 3 heteroatoms. The first-order valence-corrected chi connectivity index (χ1v) is 5.97. The maximum atomic E-state index is 13.7. The van der Waals surface area contributed by atoms with E-state index in [9.17, 15) is 4.39 Å². The molecule has 88 valence electrons. The summed E-state index contributed by atoms with van der Waals surface area (Å²) < 4.78 is 13.7. The predicted molar refractivity (Wildman–Crippen MR) is 67.5 cm³/mol. The van der Waals surface area contributed by atoms with Gasteiger partial charge in [-0.05, 0) is 17.0 Å². The van der Waals surface area contributed by atoms with Crippen LogP contribution in [0.1, 0.15) is 11.6 Å². The first-order valence-electron chi connectivity index (χ1n) is 5.97. The largest absolute Gasteiger partial charge is 0.314 e. The smallest absolute Gasteiger partial charge is 0.131 e. The summed E-state index contributed by atoms with van der Waals surface area (Å²) in [5, 5.41) is 8.53. The Kier molecular flexibility index (Phi) is 2.79. The molecule has 0 bridgehead atoms. The first-order chi connectivity index (χ1) is 8.36. The van der Waals surface area contributed by atoms with Gasteiger partial charge in [-0.2, -0.15) is 0 Å². The van der Waals surface area contributed by atoms with Gasteiger partial charge >= 0.3 is 0 Å². The van der Waals surface area contributed by atoms with Gasteiger partial charge < -0.3 is 10.6 Å². The molecule has 0 aromatic heterocycles. The number of benzene rings is 2. The Hall–Kier alpha value is -1.45. The lowest BCUT2D eigenvalue weighted by Gasteiger charge is -2.26. The number of halogens is 1. The molecular formula is C14H15FN2. The van der Waals surface area contributed by atoms with Crippen LogP contribution in [-0.4, -0.2) is 19.6 Å². The summed E-state index contributed by atoms with van der Waals surface area (Å²) in [6.45, 7) is 2.85. The Morgan fingerprint density at radius 1 is 1.00 bits per heavy atom. The summed E-state index contributed by atoms with van der Waals surface area (Å²) in [4.78, 5) is 0. The second-order valence-electron chi connectivity index (χ2n) is 4.39. The van der Waals surface area contributed by atoms with Crippen LogP contribution < -0.4 is 10.6 Å². The van der Waals surface area contributed by atoms with Crippen molar-refractivity contribution < 1.29 is 4.39 Å². The SMILES string of the molecule is Fc1cccc2c(C3CNCCN3)cccc12. The summed E-state index contributed by atoms with van der Waals surface area (Å²) in [6, 6.07) is 11.4. The molecule has 0 radical (unpaired) electrons. The van der Waals surface area contributed by atoms with Crippen molar-refractivity contribution >= 4 is 10.8 Å². The van der Waals surface area contributed by atoms with E-state index in [1.165, 1.54) is 11.6 Å². The van der Waals surface area contributed by atoms with Crippen LogP contribution in [0.3, 0.4) is 0 Å². The first kappa shape index (κ1) is 10.7. The van der Waals surface area contributed by atoms with Crippen LogP contribution in [0.25, 0.3) is 10.8 Å². The zero-order valence-corrected chi connectivity index (χ0v) is 9.54. The standard InChI is InChI=1S/C14H15FN2/c15-13-6-2-3-10-11(13)4-1-5-12(10)14-9-16-7-8-17-14/h1-6,14,16-17H,7-9H2. The molecule has 1 unspecified atom stereocenters. The van der Waals surface area contributed by atoms with Gasteiger partial charge in [-0.3, -0.25) is 0 Å². The number of hydrogen-bond donors (Lipinski definition) is 2. The van der Waals surface area contributed by atoms with E-state index in [1.54, 1.807) is 6.07 Å². The summed E-state index contributed by atoms with van der Waals surface area (Å²) in [6.07, 6.45) is 0. The second-order valence-corrected chi connectivity index (χ2v) is 4.39. The minimum Gasteiger partial charge on any atom is -0.314 e. The predicted octanol–water partition coefficient (Wildman–Crippen LogP) is 2.21. The lowest BCUT2D eigenvalue weighted by molar-refractivity contribution is 0.432. The van der Waals surface area contributed by atoms with E-state index in [-0.39, 0.29) is 11.9 Å². The molecular weight excluding hydrogens is 215 g/mol. The fraction of sp³-hybridized carbons (Fsp3) is 0.286. The molecule has 2 N–H and O–H groups in total. The Balaban J connectivity index is 2.12. The molecule has 0 amide bonds. The van der Waals surface area contributed by atoms with E-state index < -0.39 is 0 Å². The van der Waals surface area contributed by atoms with Crippen molar-refractivity contribution in [2.45, 2.75) is 6.04 Å². The van der Waals surface area contributed by atoms with Gasteiger partial charge in [0.05, 0.1) is 0 Å². The third-order valence-corrected chi connectivity index (χ3v) is 3.32. The number of fused-ring (bicyclic) bond motifs is 1. The maximum Gasteiger partial charge on any atom is 0.131 e. The molecule has 2 nitrogen and oxygen atoms in total. The maximum absolute atomic E-state index is 13.7. The van der Waals surface area contributed by atoms with Gasteiger partial charge in [0.15, 0.2) is 0 Å². The third kappa shape index (κ3) is 1.92. The zero-order chi connectivity index (χ0) is 11.7. The molecule has 17 heavy (non-hydrogen) atoms. The minimum absolute atomic E-state index is 0.145. The molecule has 1 aliphatic rings. The molecule has 2 aromatic rings. The van der Waals surface area contributed by atoms with Crippen LogP contribution >= 0.6 is 0 Å². The van der Waals surface area contributed by atoms with Crippen LogP contribution in [0, 0.1) is 5.82 Å². The van der Waals surface area contributed by atoms with Gasteiger partial charge in [0, 0.05) is 31.1 Å². The highest BCUT2D eigenvalue weighted by Gasteiger charge is 2.16.